The number of hydrogen-bond donors (Lipinski definition) is 0. The highest BCUT2D eigenvalue weighted by atomic mass is 16.5. The molecule has 0 amide bonds. The van der Waals surface area contributed by atoms with Crippen LogP contribution in [0.1, 0.15) is 69.6 Å². The van der Waals surface area contributed by atoms with Gasteiger partial charge in [-0.1, -0.05) is 51.9 Å². The molecule has 1 aromatic heterocycles. The first-order chi connectivity index (χ1) is 10.7. The van der Waals surface area contributed by atoms with Gasteiger partial charge >= 0.3 is 0 Å². The van der Waals surface area contributed by atoms with E-state index in [2.05, 4.69) is 71.8 Å². The van der Waals surface area contributed by atoms with Crippen LogP contribution in [0.15, 0.2) is 28.9 Å². The van der Waals surface area contributed by atoms with Crippen LogP contribution < -0.4 is 0 Å². The lowest BCUT2D eigenvalue weighted by Gasteiger charge is -2.32. The van der Waals surface area contributed by atoms with Crippen molar-refractivity contribution in [3.05, 3.63) is 52.4 Å². The molecule has 1 aromatic carbocycles. The Bertz CT molecular complexity index is 763. The summed E-state index contributed by atoms with van der Waals surface area (Å²) < 4.78 is 5.22. The summed E-state index contributed by atoms with van der Waals surface area (Å²) in [5.41, 5.74) is 7.24. The van der Waals surface area contributed by atoms with Gasteiger partial charge in [0.05, 0.1) is 6.20 Å². The maximum Gasteiger partial charge on any atom is 0.159 e. The molecule has 0 saturated heterocycles. The molecule has 2 aromatic rings. The van der Waals surface area contributed by atoms with Crippen molar-refractivity contribution in [2.24, 2.45) is 5.92 Å². The molecular weight excluding hydrogens is 282 g/mol. The Balaban J connectivity index is 2.16. The largest absolute Gasteiger partial charge is 0.357 e. The molecule has 2 nitrogen and oxygen atoms in total. The van der Waals surface area contributed by atoms with Crippen molar-refractivity contribution < 1.29 is 4.52 Å². The van der Waals surface area contributed by atoms with E-state index >= 15 is 0 Å². The number of hydrogen-bond acceptors (Lipinski definition) is 2. The number of rotatable bonds is 2. The molecule has 0 N–H and O–H groups in total. The highest BCUT2D eigenvalue weighted by molar-refractivity contribution is 5.81. The zero-order valence-corrected chi connectivity index (χ0v) is 15.3. The summed E-state index contributed by atoms with van der Waals surface area (Å²) in [6, 6.07) is 6.69. The highest BCUT2D eigenvalue weighted by Crippen LogP contribution is 2.54. The molecular formula is C21H27NO. The maximum atomic E-state index is 5.22. The minimum Gasteiger partial charge on any atom is -0.357 e. The van der Waals surface area contributed by atoms with Crippen LogP contribution in [0.4, 0.5) is 0 Å². The summed E-state index contributed by atoms with van der Waals surface area (Å²) in [4.78, 5) is 0. The lowest BCUT2D eigenvalue weighted by Crippen LogP contribution is -2.30. The SMILES string of the molecule is C/C(=C\c1ccno1)c1cc2c(cc1C)C(C)(C)C(C)C2(C)C. The Morgan fingerprint density at radius 3 is 2.30 bits per heavy atom. The molecule has 0 bridgehead atoms. The number of fused-ring (bicyclic) bond motifs is 1. The van der Waals surface area contributed by atoms with Crippen molar-refractivity contribution in [1.82, 2.24) is 5.16 Å². The topological polar surface area (TPSA) is 26.0 Å². The fraction of sp³-hybridized carbons (Fsp3) is 0.476. The van der Waals surface area contributed by atoms with E-state index in [0.29, 0.717) is 5.92 Å². The van der Waals surface area contributed by atoms with Gasteiger partial charge in [-0.15, -0.1) is 0 Å². The molecule has 0 aliphatic heterocycles. The summed E-state index contributed by atoms with van der Waals surface area (Å²) in [5.74, 6) is 1.41. The van der Waals surface area contributed by atoms with E-state index in [-0.39, 0.29) is 10.8 Å². The minimum atomic E-state index is 0.188. The fourth-order valence-corrected chi connectivity index (χ4v) is 4.16. The van der Waals surface area contributed by atoms with Gasteiger partial charge in [0.2, 0.25) is 0 Å². The van der Waals surface area contributed by atoms with Gasteiger partial charge in [-0.25, -0.2) is 0 Å². The van der Waals surface area contributed by atoms with Crippen LogP contribution in [0, 0.1) is 12.8 Å². The Morgan fingerprint density at radius 2 is 1.74 bits per heavy atom. The Hall–Kier alpha value is -1.83. The zero-order valence-electron chi connectivity index (χ0n) is 15.3. The van der Waals surface area contributed by atoms with Crippen molar-refractivity contribution in [1.29, 1.82) is 0 Å². The molecule has 1 atom stereocenters. The molecule has 1 unspecified atom stereocenters. The van der Waals surface area contributed by atoms with Crippen LogP contribution in [-0.2, 0) is 10.8 Å². The van der Waals surface area contributed by atoms with Crippen molar-refractivity contribution in [3.63, 3.8) is 0 Å². The summed E-state index contributed by atoms with van der Waals surface area (Å²) in [5, 5.41) is 3.78. The summed E-state index contributed by atoms with van der Waals surface area (Å²) in [6.07, 6.45) is 3.75. The van der Waals surface area contributed by atoms with E-state index in [1.807, 2.05) is 6.07 Å². The van der Waals surface area contributed by atoms with E-state index in [4.69, 9.17) is 4.52 Å². The van der Waals surface area contributed by atoms with Crippen LogP contribution in [0.3, 0.4) is 0 Å². The number of nitrogens with zero attached hydrogens (tertiary/aromatic N) is 1. The predicted molar refractivity (Wildman–Crippen MR) is 96.4 cm³/mol. The summed E-state index contributed by atoms with van der Waals surface area (Å²) >= 11 is 0. The molecule has 0 radical (unpaired) electrons. The molecule has 122 valence electrons. The van der Waals surface area contributed by atoms with Crippen LogP contribution >= 0.6 is 0 Å². The third kappa shape index (κ3) is 2.36. The first-order valence-corrected chi connectivity index (χ1v) is 8.40. The normalized spacial score (nSPS) is 22.2. The van der Waals surface area contributed by atoms with Crippen LogP contribution in [0.2, 0.25) is 0 Å². The lowest BCUT2D eigenvalue weighted by molar-refractivity contribution is 0.264. The van der Waals surface area contributed by atoms with Crippen LogP contribution in [0.5, 0.6) is 0 Å². The molecule has 1 aliphatic carbocycles. The van der Waals surface area contributed by atoms with Gasteiger partial charge in [-0.05, 0) is 64.5 Å². The van der Waals surface area contributed by atoms with E-state index < -0.39 is 0 Å². The average Bonchev–Trinajstić information content (AvgIpc) is 3.01. The fourth-order valence-electron chi connectivity index (χ4n) is 4.16. The van der Waals surface area contributed by atoms with Crippen LogP contribution in [0.25, 0.3) is 11.6 Å². The van der Waals surface area contributed by atoms with Crippen molar-refractivity contribution in [2.45, 2.75) is 59.3 Å². The number of benzene rings is 1. The third-order valence-corrected chi connectivity index (χ3v) is 6.16. The third-order valence-electron chi connectivity index (χ3n) is 6.16. The smallest absolute Gasteiger partial charge is 0.159 e. The second-order valence-corrected chi connectivity index (χ2v) is 8.12. The summed E-state index contributed by atoms with van der Waals surface area (Å²) in [7, 11) is 0. The molecule has 23 heavy (non-hydrogen) atoms. The molecule has 1 aliphatic rings. The first-order valence-electron chi connectivity index (χ1n) is 8.40. The van der Waals surface area contributed by atoms with Crippen molar-refractivity contribution in [2.75, 3.05) is 0 Å². The van der Waals surface area contributed by atoms with E-state index in [0.717, 1.165) is 5.76 Å². The monoisotopic (exact) mass is 309 g/mol. The van der Waals surface area contributed by atoms with Gasteiger partial charge in [-0.3, -0.25) is 0 Å². The van der Waals surface area contributed by atoms with Gasteiger partial charge in [0.25, 0.3) is 0 Å². The van der Waals surface area contributed by atoms with Crippen molar-refractivity contribution in [3.8, 4) is 0 Å². The molecule has 0 fully saturated rings. The lowest BCUT2D eigenvalue weighted by atomic mass is 9.71. The standard InChI is InChI=1S/C21H27NO/c1-13(10-16-8-9-22-23-16)17-12-19-18(11-14(17)2)20(4,5)15(3)21(19,6)7/h8-12,15H,1-7H3/b13-10+. The first kappa shape index (κ1) is 16.0. The molecule has 1 heterocycles. The van der Waals surface area contributed by atoms with E-state index in [1.54, 1.807) is 6.20 Å². The van der Waals surface area contributed by atoms with Gasteiger partial charge in [0, 0.05) is 6.07 Å². The zero-order chi connectivity index (χ0) is 17.0. The second-order valence-electron chi connectivity index (χ2n) is 8.12. The van der Waals surface area contributed by atoms with E-state index in [1.165, 1.54) is 27.8 Å². The summed E-state index contributed by atoms with van der Waals surface area (Å²) in [6.45, 7) is 16.2. The van der Waals surface area contributed by atoms with E-state index in [9.17, 15) is 0 Å². The maximum absolute atomic E-state index is 5.22. The van der Waals surface area contributed by atoms with Gasteiger partial charge in [-0.2, -0.15) is 0 Å². The Kier molecular flexibility index (Phi) is 3.55. The van der Waals surface area contributed by atoms with Gasteiger partial charge in [0.1, 0.15) is 0 Å². The second kappa shape index (κ2) is 5.09. The number of aromatic nitrogens is 1. The molecule has 2 heteroatoms. The predicted octanol–water partition coefficient (Wildman–Crippen LogP) is 5.75. The Morgan fingerprint density at radius 1 is 1.13 bits per heavy atom. The molecule has 0 spiro atoms. The quantitative estimate of drug-likeness (QED) is 0.706. The Labute approximate surface area is 139 Å². The number of aryl methyl sites for hydroxylation is 1. The minimum absolute atomic E-state index is 0.188. The van der Waals surface area contributed by atoms with Crippen molar-refractivity contribution >= 4 is 11.6 Å². The highest BCUT2D eigenvalue weighted by Gasteiger charge is 2.48. The molecule has 0 saturated carbocycles. The number of allylic oxidation sites excluding steroid dienone is 1. The van der Waals surface area contributed by atoms with Gasteiger partial charge < -0.3 is 4.52 Å². The van der Waals surface area contributed by atoms with Gasteiger partial charge in [0.15, 0.2) is 5.76 Å². The van der Waals surface area contributed by atoms with Crippen LogP contribution in [-0.4, -0.2) is 5.16 Å². The average molecular weight is 309 g/mol. The molecule has 3 rings (SSSR count).